The van der Waals surface area contributed by atoms with Gasteiger partial charge in [0.05, 0.1) is 12.3 Å². The third-order valence-electron chi connectivity index (χ3n) is 3.86. The molecule has 3 rings (SSSR count). The zero-order valence-corrected chi connectivity index (χ0v) is 13.2. The van der Waals surface area contributed by atoms with Crippen molar-refractivity contribution in [3.05, 3.63) is 46.0 Å². The van der Waals surface area contributed by atoms with Crippen molar-refractivity contribution in [3.63, 3.8) is 0 Å². The van der Waals surface area contributed by atoms with Gasteiger partial charge in [0, 0.05) is 31.6 Å². The molecule has 21 heavy (non-hydrogen) atoms. The van der Waals surface area contributed by atoms with Crippen molar-refractivity contribution in [1.82, 2.24) is 4.98 Å². The lowest BCUT2D eigenvalue weighted by atomic mass is 10.0. The van der Waals surface area contributed by atoms with E-state index in [1.54, 1.807) is 18.4 Å². The number of ether oxygens (including phenoxy) is 1. The first kappa shape index (κ1) is 14.5. The average molecular weight is 303 g/mol. The SMILES string of the molecule is COCc1nc(N2CCCc3ccccc3C2)sc1CN. The zero-order chi connectivity index (χ0) is 14.7. The predicted octanol–water partition coefficient (Wildman–Crippen LogP) is 2.70. The first-order chi connectivity index (χ1) is 10.3. The summed E-state index contributed by atoms with van der Waals surface area (Å²) >= 11 is 1.70. The maximum Gasteiger partial charge on any atom is 0.186 e. The summed E-state index contributed by atoms with van der Waals surface area (Å²) < 4.78 is 5.22. The van der Waals surface area contributed by atoms with Gasteiger partial charge in [0.2, 0.25) is 0 Å². The molecule has 0 radical (unpaired) electrons. The summed E-state index contributed by atoms with van der Waals surface area (Å²) in [5.74, 6) is 0. The Morgan fingerprint density at radius 2 is 2.14 bits per heavy atom. The number of rotatable bonds is 4. The largest absolute Gasteiger partial charge is 0.378 e. The number of aryl methyl sites for hydroxylation is 1. The zero-order valence-electron chi connectivity index (χ0n) is 12.3. The molecule has 0 bridgehead atoms. The van der Waals surface area contributed by atoms with Crippen LogP contribution in [0.3, 0.4) is 0 Å². The molecule has 0 unspecified atom stereocenters. The molecule has 2 N–H and O–H groups in total. The van der Waals surface area contributed by atoms with Crippen molar-refractivity contribution in [2.45, 2.75) is 32.5 Å². The molecular weight excluding hydrogens is 282 g/mol. The Hall–Kier alpha value is -1.43. The van der Waals surface area contributed by atoms with Crippen LogP contribution in [0, 0.1) is 0 Å². The molecule has 0 spiro atoms. The highest BCUT2D eigenvalue weighted by Gasteiger charge is 2.19. The molecule has 0 fully saturated rings. The first-order valence-corrected chi connectivity index (χ1v) is 8.12. The second-order valence-electron chi connectivity index (χ2n) is 5.30. The van der Waals surface area contributed by atoms with Crippen LogP contribution in [-0.2, 0) is 30.9 Å². The summed E-state index contributed by atoms with van der Waals surface area (Å²) in [7, 11) is 1.70. The fraction of sp³-hybridized carbons (Fsp3) is 0.438. The molecule has 2 aromatic rings. The Morgan fingerprint density at radius 1 is 1.33 bits per heavy atom. The van der Waals surface area contributed by atoms with Crippen molar-refractivity contribution in [3.8, 4) is 0 Å². The van der Waals surface area contributed by atoms with E-state index in [0.717, 1.165) is 41.6 Å². The summed E-state index contributed by atoms with van der Waals surface area (Å²) in [4.78, 5) is 8.25. The van der Waals surface area contributed by atoms with E-state index in [0.29, 0.717) is 13.2 Å². The normalized spacial score (nSPS) is 14.9. The third kappa shape index (κ3) is 3.10. The first-order valence-electron chi connectivity index (χ1n) is 7.31. The number of methoxy groups -OCH3 is 1. The average Bonchev–Trinajstić information content (AvgIpc) is 2.78. The number of fused-ring (bicyclic) bond motifs is 1. The molecule has 2 heterocycles. The van der Waals surface area contributed by atoms with Crippen molar-refractivity contribution in [2.75, 3.05) is 18.6 Å². The predicted molar refractivity (Wildman–Crippen MR) is 86.5 cm³/mol. The van der Waals surface area contributed by atoms with Crippen LogP contribution in [0.1, 0.15) is 28.1 Å². The van der Waals surface area contributed by atoms with Gasteiger partial charge >= 0.3 is 0 Å². The molecule has 4 nitrogen and oxygen atoms in total. The minimum absolute atomic E-state index is 0.529. The molecule has 1 aliphatic heterocycles. The number of benzene rings is 1. The van der Waals surface area contributed by atoms with Gasteiger partial charge in [-0.1, -0.05) is 24.3 Å². The fourth-order valence-corrected chi connectivity index (χ4v) is 3.74. The quantitative estimate of drug-likeness (QED) is 0.943. The Labute approximate surface area is 129 Å². The van der Waals surface area contributed by atoms with Crippen molar-refractivity contribution in [1.29, 1.82) is 0 Å². The highest BCUT2D eigenvalue weighted by molar-refractivity contribution is 7.15. The van der Waals surface area contributed by atoms with Crippen LogP contribution in [-0.4, -0.2) is 18.6 Å². The van der Waals surface area contributed by atoms with Crippen LogP contribution in [0.4, 0.5) is 5.13 Å². The van der Waals surface area contributed by atoms with Gasteiger partial charge in [0.1, 0.15) is 0 Å². The number of nitrogens with two attached hydrogens (primary N) is 1. The van der Waals surface area contributed by atoms with E-state index in [9.17, 15) is 0 Å². The van der Waals surface area contributed by atoms with Gasteiger partial charge in [-0.25, -0.2) is 4.98 Å². The second kappa shape index (κ2) is 6.56. The van der Waals surface area contributed by atoms with E-state index < -0.39 is 0 Å². The van der Waals surface area contributed by atoms with Gasteiger partial charge in [-0.3, -0.25) is 0 Å². The highest BCUT2D eigenvalue weighted by atomic mass is 32.1. The monoisotopic (exact) mass is 303 g/mol. The summed E-state index contributed by atoms with van der Waals surface area (Å²) in [5.41, 5.74) is 9.69. The topological polar surface area (TPSA) is 51.4 Å². The van der Waals surface area contributed by atoms with Crippen molar-refractivity contribution >= 4 is 16.5 Å². The third-order valence-corrected chi connectivity index (χ3v) is 5.04. The summed E-state index contributed by atoms with van der Waals surface area (Å²) in [6.07, 6.45) is 2.31. The van der Waals surface area contributed by atoms with Crippen LogP contribution in [0.25, 0.3) is 0 Å². The number of nitrogens with zero attached hydrogens (tertiary/aromatic N) is 2. The summed E-state index contributed by atoms with van der Waals surface area (Å²) in [6.45, 7) is 3.03. The molecule has 112 valence electrons. The molecule has 0 aliphatic carbocycles. The standard InChI is InChI=1S/C16H21N3OS/c1-20-11-14-15(9-17)21-16(18-14)19-8-4-7-12-5-2-3-6-13(12)10-19/h2-3,5-6H,4,7-11,17H2,1H3. The Balaban J connectivity index is 1.87. The maximum absolute atomic E-state index is 5.83. The fourth-order valence-electron chi connectivity index (χ4n) is 2.78. The number of thiazole rings is 1. The lowest BCUT2D eigenvalue weighted by Gasteiger charge is -2.19. The Kier molecular flexibility index (Phi) is 4.53. The van der Waals surface area contributed by atoms with E-state index in [1.165, 1.54) is 11.1 Å². The molecule has 1 aromatic heterocycles. The van der Waals surface area contributed by atoms with Gasteiger partial charge in [-0.15, -0.1) is 11.3 Å². The van der Waals surface area contributed by atoms with E-state index in [1.807, 2.05) is 0 Å². The molecule has 0 saturated carbocycles. The van der Waals surface area contributed by atoms with Crippen LogP contribution in [0.15, 0.2) is 24.3 Å². The van der Waals surface area contributed by atoms with Crippen LogP contribution in [0.2, 0.25) is 0 Å². The lowest BCUT2D eigenvalue weighted by molar-refractivity contribution is 0.181. The summed E-state index contributed by atoms with van der Waals surface area (Å²) in [6, 6.07) is 8.70. The van der Waals surface area contributed by atoms with E-state index in [2.05, 4.69) is 29.2 Å². The molecule has 1 aromatic carbocycles. The second-order valence-corrected chi connectivity index (χ2v) is 6.36. The van der Waals surface area contributed by atoms with Crippen LogP contribution in [0.5, 0.6) is 0 Å². The van der Waals surface area contributed by atoms with E-state index in [-0.39, 0.29) is 0 Å². The number of aromatic nitrogens is 1. The Morgan fingerprint density at radius 3 is 2.90 bits per heavy atom. The van der Waals surface area contributed by atoms with Crippen molar-refractivity contribution in [2.24, 2.45) is 5.73 Å². The summed E-state index contributed by atoms with van der Waals surface area (Å²) in [5, 5.41) is 1.07. The molecule has 0 atom stereocenters. The number of hydrogen-bond donors (Lipinski definition) is 1. The van der Waals surface area contributed by atoms with Gasteiger partial charge < -0.3 is 15.4 Å². The highest BCUT2D eigenvalue weighted by Crippen LogP contribution is 2.30. The van der Waals surface area contributed by atoms with Gasteiger partial charge in [0.15, 0.2) is 5.13 Å². The van der Waals surface area contributed by atoms with Crippen molar-refractivity contribution < 1.29 is 4.74 Å². The van der Waals surface area contributed by atoms with Gasteiger partial charge in [-0.2, -0.15) is 0 Å². The molecule has 0 saturated heterocycles. The molecular formula is C16H21N3OS. The smallest absolute Gasteiger partial charge is 0.186 e. The van der Waals surface area contributed by atoms with Gasteiger partial charge in [-0.05, 0) is 24.0 Å². The minimum atomic E-state index is 0.529. The number of anilines is 1. The molecule has 5 heteroatoms. The maximum atomic E-state index is 5.83. The molecule has 1 aliphatic rings. The molecule has 0 amide bonds. The van der Waals surface area contributed by atoms with Gasteiger partial charge in [0.25, 0.3) is 0 Å². The lowest BCUT2D eigenvalue weighted by Crippen LogP contribution is -2.22. The van der Waals surface area contributed by atoms with E-state index >= 15 is 0 Å². The minimum Gasteiger partial charge on any atom is -0.378 e. The van der Waals surface area contributed by atoms with Crippen LogP contribution < -0.4 is 10.6 Å². The van der Waals surface area contributed by atoms with E-state index in [4.69, 9.17) is 15.5 Å². The van der Waals surface area contributed by atoms with Crippen LogP contribution >= 0.6 is 11.3 Å². The number of hydrogen-bond acceptors (Lipinski definition) is 5. The Bertz CT molecular complexity index is 611.